The molecule has 0 unspecified atom stereocenters. The van der Waals surface area contributed by atoms with E-state index < -0.39 is 0 Å². The first-order chi connectivity index (χ1) is 33.7. The number of aromatic nitrogens is 4. The first kappa shape index (κ1) is 39.4. The SMILES string of the molecule is c1ccc(-c2cc(-c3cccc(-c4nc(-c5ccccc5)nc(-c5ccccc5)n4)c3)c3c(c2)-c2cc(-c4ccccc4)cc(-n4c5ccccc5c5cc(-c6ccccc6)ccc54)c2C3)cc1. The lowest BCUT2D eigenvalue weighted by atomic mass is 9.90. The molecule has 0 aliphatic heterocycles. The van der Waals surface area contributed by atoms with Crippen LogP contribution in [0.3, 0.4) is 0 Å². The monoisotopic (exact) mass is 866 g/mol. The highest BCUT2D eigenvalue weighted by Gasteiger charge is 2.29. The summed E-state index contributed by atoms with van der Waals surface area (Å²) < 4.78 is 2.52. The molecule has 1 aliphatic carbocycles. The molecule has 1 aliphatic rings. The summed E-state index contributed by atoms with van der Waals surface area (Å²) in [5.41, 5.74) is 21.0. The fourth-order valence-corrected chi connectivity index (χ4v) is 10.2. The van der Waals surface area contributed by atoms with Crippen LogP contribution in [0.4, 0.5) is 0 Å². The van der Waals surface area contributed by atoms with Gasteiger partial charge in [0.1, 0.15) is 0 Å². The normalized spacial score (nSPS) is 11.8. The summed E-state index contributed by atoms with van der Waals surface area (Å²) in [6.45, 7) is 0. The van der Waals surface area contributed by atoms with Crippen LogP contribution in [0.5, 0.6) is 0 Å². The molecule has 0 bridgehead atoms. The summed E-state index contributed by atoms with van der Waals surface area (Å²) >= 11 is 0. The number of para-hydroxylation sites is 1. The van der Waals surface area contributed by atoms with Crippen LogP contribution in [0.15, 0.2) is 243 Å². The molecule has 0 saturated heterocycles. The maximum atomic E-state index is 5.13. The summed E-state index contributed by atoms with van der Waals surface area (Å²) in [6.07, 6.45) is 0.766. The van der Waals surface area contributed by atoms with Gasteiger partial charge in [-0.1, -0.05) is 194 Å². The summed E-state index contributed by atoms with van der Waals surface area (Å²) in [6, 6.07) is 86.9. The van der Waals surface area contributed by atoms with Crippen LogP contribution < -0.4 is 0 Å². The Kier molecular flexibility index (Phi) is 9.54. The van der Waals surface area contributed by atoms with Gasteiger partial charge < -0.3 is 4.57 Å². The second-order valence-electron chi connectivity index (χ2n) is 17.5. The Hall–Kier alpha value is -8.99. The van der Waals surface area contributed by atoms with Gasteiger partial charge in [0, 0.05) is 33.9 Å². The smallest absolute Gasteiger partial charge is 0.164 e. The van der Waals surface area contributed by atoms with E-state index in [1.807, 2.05) is 36.4 Å². The first-order valence-corrected chi connectivity index (χ1v) is 23.2. The second kappa shape index (κ2) is 16.5. The minimum absolute atomic E-state index is 0.635. The predicted molar refractivity (Wildman–Crippen MR) is 280 cm³/mol. The molecule has 4 nitrogen and oxygen atoms in total. The molecule has 68 heavy (non-hydrogen) atoms. The van der Waals surface area contributed by atoms with Crippen LogP contribution in [0.1, 0.15) is 11.1 Å². The molecule has 0 N–H and O–H groups in total. The lowest BCUT2D eigenvalue weighted by molar-refractivity contribution is 1.07. The molecule has 10 aromatic carbocycles. The van der Waals surface area contributed by atoms with Gasteiger partial charge in [0.25, 0.3) is 0 Å². The van der Waals surface area contributed by atoms with Crippen molar-refractivity contribution in [3.05, 3.63) is 254 Å². The van der Waals surface area contributed by atoms with Crippen molar-refractivity contribution in [2.45, 2.75) is 6.42 Å². The van der Waals surface area contributed by atoms with Crippen LogP contribution in [0.2, 0.25) is 0 Å². The van der Waals surface area contributed by atoms with E-state index in [1.165, 1.54) is 88.7 Å². The van der Waals surface area contributed by atoms with Crippen molar-refractivity contribution in [1.82, 2.24) is 19.5 Å². The molecule has 0 radical (unpaired) electrons. The van der Waals surface area contributed by atoms with Crippen molar-refractivity contribution in [3.8, 4) is 95.5 Å². The maximum Gasteiger partial charge on any atom is 0.164 e. The highest BCUT2D eigenvalue weighted by Crippen LogP contribution is 2.49. The molecular formula is C64H42N4. The van der Waals surface area contributed by atoms with Gasteiger partial charge in [-0.05, 0) is 115 Å². The Morgan fingerprint density at radius 3 is 1.31 bits per heavy atom. The zero-order valence-electron chi connectivity index (χ0n) is 37.1. The van der Waals surface area contributed by atoms with Crippen molar-refractivity contribution < 1.29 is 0 Å². The summed E-state index contributed by atoms with van der Waals surface area (Å²) in [5.74, 6) is 1.92. The molecular weight excluding hydrogens is 825 g/mol. The van der Waals surface area contributed by atoms with Crippen LogP contribution in [0.25, 0.3) is 117 Å². The van der Waals surface area contributed by atoms with Gasteiger partial charge >= 0.3 is 0 Å². The van der Waals surface area contributed by atoms with Gasteiger partial charge in [-0.25, -0.2) is 15.0 Å². The van der Waals surface area contributed by atoms with E-state index in [9.17, 15) is 0 Å². The molecule has 13 rings (SSSR count). The zero-order valence-corrected chi connectivity index (χ0v) is 37.1. The van der Waals surface area contributed by atoms with E-state index in [0.29, 0.717) is 17.5 Å². The topological polar surface area (TPSA) is 43.6 Å². The Morgan fingerprint density at radius 2 is 0.706 bits per heavy atom. The maximum absolute atomic E-state index is 5.13. The average molecular weight is 867 g/mol. The first-order valence-electron chi connectivity index (χ1n) is 23.2. The van der Waals surface area contributed by atoms with Gasteiger partial charge in [0.15, 0.2) is 17.5 Å². The molecule has 0 atom stereocenters. The fourth-order valence-electron chi connectivity index (χ4n) is 10.2. The average Bonchev–Trinajstić information content (AvgIpc) is 3.97. The molecule has 0 amide bonds. The highest BCUT2D eigenvalue weighted by molar-refractivity contribution is 6.11. The van der Waals surface area contributed by atoms with Gasteiger partial charge in [0.05, 0.1) is 16.7 Å². The molecule has 0 spiro atoms. The third kappa shape index (κ3) is 6.90. The number of hydrogen-bond donors (Lipinski definition) is 0. The minimum atomic E-state index is 0.635. The molecule has 2 aromatic heterocycles. The van der Waals surface area contributed by atoms with E-state index >= 15 is 0 Å². The molecule has 318 valence electrons. The van der Waals surface area contributed by atoms with E-state index in [4.69, 9.17) is 15.0 Å². The van der Waals surface area contributed by atoms with E-state index in [-0.39, 0.29) is 0 Å². The van der Waals surface area contributed by atoms with Gasteiger partial charge in [0.2, 0.25) is 0 Å². The van der Waals surface area contributed by atoms with Crippen LogP contribution in [0, 0.1) is 0 Å². The van der Waals surface area contributed by atoms with Crippen LogP contribution >= 0.6 is 0 Å². The van der Waals surface area contributed by atoms with Gasteiger partial charge in [-0.3, -0.25) is 0 Å². The number of fused-ring (bicyclic) bond motifs is 6. The lowest BCUT2D eigenvalue weighted by Crippen LogP contribution is -2.01. The molecule has 12 aromatic rings. The number of rotatable bonds is 8. The Balaban J connectivity index is 1.03. The largest absolute Gasteiger partial charge is 0.309 e. The summed E-state index contributed by atoms with van der Waals surface area (Å²) in [5, 5.41) is 2.48. The third-order valence-corrected chi connectivity index (χ3v) is 13.5. The standard InChI is InChI=1S/C64H42N4/c1-6-19-42(20-7-1)47-33-34-60-57(36-47)52-31-16-17-32-59(52)68(60)61-40-51(44-23-10-3-11-24-44)39-55-54-38-50(43-21-8-2-9-22-43)37-53(56(54)41-58(55)61)48-29-18-30-49(35-48)64-66-62(45-25-12-4-13-26-45)65-63(67-64)46-27-14-5-15-28-46/h1-40H,41H2. The Bertz CT molecular complexity index is 3790. The number of nitrogens with zero attached hydrogens (tertiary/aromatic N) is 4. The third-order valence-electron chi connectivity index (χ3n) is 13.5. The van der Waals surface area contributed by atoms with E-state index in [2.05, 4.69) is 211 Å². The van der Waals surface area contributed by atoms with Crippen molar-refractivity contribution in [3.63, 3.8) is 0 Å². The zero-order chi connectivity index (χ0) is 45.0. The van der Waals surface area contributed by atoms with Gasteiger partial charge in [-0.15, -0.1) is 0 Å². The predicted octanol–water partition coefficient (Wildman–Crippen LogP) is 16.2. The molecule has 0 saturated carbocycles. The van der Waals surface area contributed by atoms with Crippen LogP contribution in [-0.2, 0) is 6.42 Å². The van der Waals surface area contributed by atoms with Crippen molar-refractivity contribution in [2.75, 3.05) is 0 Å². The Morgan fingerprint density at radius 1 is 0.265 bits per heavy atom. The summed E-state index contributed by atoms with van der Waals surface area (Å²) in [4.78, 5) is 15.2. The van der Waals surface area contributed by atoms with Crippen LogP contribution in [-0.4, -0.2) is 19.5 Å². The molecule has 0 fully saturated rings. The minimum Gasteiger partial charge on any atom is -0.309 e. The Labute approximate surface area is 395 Å². The van der Waals surface area contributed by atoms with E-state index in [0.717, 1.165) is 28.7 Å². The fraction of sp³-hybridized carbons (Fsp3) is 0.0156. The second-order valence-corrected chi connectivity index (χ2v) is 17.5. The summed E-state index contributed by atoms with van der Waals surface area (Å²) in [7, 11) is 0. The molecule has 2 heterocycles. The van der Waals surface area contributed by atoms with Crippen molar-refractivity contribution in [2.24, 2.45) is 0 Å². The van der Waals surface area contributed by atoms with Crippen molar-refractivity contribution in [1.29, 1.82) is 0 Å². The number of hydrogen-bond acceptors (Lipinski definition) is 3. The van der Waals surface area contributed by atoms with Crippen molar-refractivity contribution >= 4 is 21.8 Å². The number of benzene rings is 10. The lowest BCUT2D eigenvalue weighted by Gasteiger charge is -2.16. The van der Waals surface area contributed by atoms with E-state index in [1.54, 1.807) is 0 Å². The van der Waals surface area contributed by atoms with Gasteiger partial charge in [-0.2, -0.15) is 0 Å². The highest BCUT2D eigenvalue weighted by atomic mass is 15.0. The molecule has 4 heteroatoms. The quantitative estimate of drug-likeness (QED) is 0.153.